The second-order valence-electron chi connectivity index (χ2n) is 7.68. The van der Waals surface area contributed by atoms with Gasteiger partial charge in [0.2, 0.25) is 0 Å². The van der Waals surface area contributed by atoms with E-state index in [0.717, 1.165) is 31.2 Å². The summed E-state index contributed by atoms with van der Waals surface area (Å²) in [5.41, 5.74) is 7.61. The van der Waals surface area contributed by atoms with Gasteiger partial charge in [-0.1, -0.05) is 42.5 Å². The number of methoxy groups -OCH3 is 1. The predicted molar refractivity (Wildman–Crippen MR) is 121 cm³/mol. The summed E-state index contributed by atoms with van der Waals surface area (Å²) in [5.74, 6) is 1.35. The van der Waals surface area contributed by atoms with Crippen molar-refractivity contribution < 1.29 is 9.53 Å². The van der Waals surface area contributed by atoms with E-state index in [1.54, 1.807) is 13.2 Å². The zero-order chi connectivity index (χ0) is 21.3. The molecule has 1 aliphatic carbocycles. The van der Waals surface area contributed by atoms with Gasteiger partial charge < -0.3 is 21.1 Å². The van der Waals surface area contributed by atoms with Crippen molar-refractivity contribution in [1.82, 2.24) is 10.6 Å². The van der Waals surface area contributed by atoms with Crippen LogP contribution < -0.4 is 21.1 Å². The van der Waals surface area contributed by atoms with Crippen LogP contribution in [0.1, 0.15) is 54.6 Å². The molecular weight excluding hydrogens is 376 g/mol. The van der Waals surface area contributed by atoms with Crippen LogP contribution in [0.2, 0.25) is 0 Å². The largest absolute Gasteiger partial charge is 0.496 e. The number of para-hydroxylation sites is 1. The summed E-state index contributed by atoms with van der Waals surface area (Å²) in [6, 6.07) is 17.8. The van der Waals surface area contributed by atoms with Crippen molar-refractivity contribution in [1.29, 1.82) is 0 Å². The molecule has 0 spiro atoms. The van der Waals surface area contributed by atoms with Gasteiger partial charge in [0.25, 0.3) is 5.91 Å². The Labute approximate surface area is 178 Å². The van der Waals surface area contributed by atoms with E-state index < -0.39 is 0 Å². The summed E-state index contributed by atoms with van der Waals surface area (Å²) in [5, 5.41) is 6.61. The zero-order valence-corrected chi connectivity index (χ0v) is 17.8. The van der Waals surface area contributed by atoms with Crippen LogP contribution in [0.5, 0.6) is 5.75 Å². The minimum Gasteiger partial charge on any atom is -0.496 e. The van der Waals surface area contributed by atoms with Gasteiger partial charge in [0.05, 0.1) is 18.7 Å². The van der Waals surface area contributed by atoms with E-state index in [2.05, 4.69) is 27.8 Å². The normalized spacial score (nSPS) is 20.3. The highest BCUT2D eigenvalue weighted by molar-refractivity contribution is 5.97. The van der Waals surface area contributed by atoms with Gasteiger partial charge in [0.15, 0.2) is 5.96 Å². The third-order valence-electron chi connectivity index (χ3n) is 5.72. The maximum atomic E-state index is 13.1. The quantitative estimate of drug-likeness (QED) is 0.482. The lowest BCUT2D eigenvalue weighted by Gasteiger charge is -2.35. The smallest absolute Gasteiger partial charge is 0.255 e. The number of guanidine groups is 1. The van der Waals surface area contributed by atoms with Crippen molar-refractivity contribution in [2.45, 2.75) is 44.7 Å². The molecule has 30 heavy (non-hydrogen) atoms. The van der Waals surface area contributed by atoms with Crippen LogP contribution in [0.4, 0.5) is 0 Å². The Morgan fingerprint density at radius 3 is 2.43 bits per heavy atom. The van der Waals surface area contributed by atoms with Crippen LogP contribution in [0, 0.1) is 5.92 Å². The number of hydrogen-bond donors (Lipinski definition) is 3. The van der Waals surface area contributed by atoms with Gasteiger partial charge in [-0.2, -0.15) is 0 Å². The standard InChI is InChI=1S/C24H32N4O2/c1-3-26-24(25)27-19-15-13-18(14-16-19)22(17-9-5-4-6-10-17)28-23(29)20-11-7-8-12-21(20)30-2/h4-12,18-19,22H,3,13-16H2,1-2H3,(H,28,29)(H3,25,26,27). The first-order valence-corrected chi connectivity index (χ1v) is 10.7. The molecule has 0 bridgehead atoms. The van der Waals surface area contributed by atoms with Crippen molar-refractivity contribution in [2.24, 2.45) is 16.6 Å². The Hall–Kier alpha value is -3.02. The molecule has 0 aromatic heterocycles. The highest BCUT2D eigenvalue weighted by Gasteiger charge is 2.30. The summed E-state index contributed by atoms with van der Waals surface area (Å²) in [6.45, 7) is 2.65. The Balaban J connectivity index is 1.73. The molecule has 0 saturated heterocycles. The van der Waals surface area contributed by atoms with Crippen LogP contribution in [0.15, 0.2) is 59.6 Å². The Kier molecular flexibility index (Phi) is 7.71. The first-order chi connectivity index (χ1) is 14.6. The summed E-state index contributed by atoms with van der Waals surface area (Å²) in [6.07, 6.45) is 4.00. The number of nitrogens with zero attached hydrogens (tertiary/aromatic N) is 1. The van der Waals surface area contributed by atoms with E-state index in [-0.39, 0.29) is 11.9 Å². The van der Waals surface area contributed by atoms with Crippen molar-refractivity contribution in [3.8, 4) is 5.75 Å². The van der Waals surface area contributed by atoms with Gasteiger partial charge in [0.1, 0.15) is 5.75 Å². The lowest BCUT2D eigenvalue weighted by molar-refractivity contribution is 0.0907. The van der Waals surface area contributed by atoms with Gasteiger partial charge in [0, 0.05) is 12.6 Å². The second kappa shape index (κ2) is 10.7. The second-order valence-corrected chi connectivity index (χ2v) is 7.68. The van der Waals surface area contributed by atoms with E-state index in [1.807, 2.05) is 43.3 Å². The van der Waals surface area contributed by atoms with Gasteiger partial charge in [-0.25, -0.2) is 0 Å². The van der Waals surface area contributed by atoms with Crippen LogP contribution in [-0.2, 0) is 0 Å². The molecule has 1 atom stereocenters. The molecule has 1 aliphatic rings. The molecule has 2 aromatic carbocycles. The number of nitrogens with one attached hydrogen (secondary N) is 2. The summed E-state index contributed by atoms with van der Waals surface area (Å²) >= 11 is 0. The molecule has 4 N–H and O–H groups in total. The Morgan fingerprint density at radius 2 is 1.77 bits per heavy atom. The van der Waals surface area contributed by atoms with Gasteiger partial charge >= 0.3 is 0 Å². The van der Waals surface area contributed by atoms with E-state index >= 15 is 0 Å². The first-order valence-electron chi connectivity index (χ1n) is 10.7. The molecule has 6 nitrogen and oxygen atoms in total. The monoisotopic (exact) mass is 408 g/mol. The van der Waals surface area contributed by atoms with Crippen molar-refractivity contribution in [3.05, 3.63) is 65.7 Å². The van der Waals surface area contributed by atoms with E-state index in [1.165, 1.54) is 0 Å². The third-order valence-corrected chi connectivity index (χ3v) is 5.72. The van der Waals surface area contributed by atoms with Crippen molar-refractivity contribution in [3.63, 3.8) is 0 Å². The Bertz CT molecular complexity index is 845. The van der Waals surface area contributed by atoms with Crippen molar-refractivity contribution in [2.75, 3.05) is 13.7 Å². The minimum absolute atomic E-state index is 0.0498. The number of ether oxygens (including phenoxy) is 1. The van der Waals surface area contributed by atoms with Crippen molar-refractivity contribution >= 4 is 11.9 Å². The van der Waals surface area contributed by atoms with E-state index in [9.17, 15) is 4.79 Å². The third kappa shape index (κ3) is 5.53. The molecule has 1 saturated carbocycles. The van der Waals surface area contributed by atoms with E-state index in [0.29, 0.717) is 35.8 Å². The number of rotatable bonds is 7. The fourth-order valence-corrected chi connectivity index (χ4v) is 4.21. The molecular formula is C24H32N4O2. The fraction of sp³-hybridized carbons (Fsp3) is 0.417. The molecule has 2 aromatic rings. The molecule has 1 fully saturated rings. The average molecular weight is 409 g/mol. The van der Waals surface area contributed by atoms with Gasteiger partial charge in [-0.15, -0.1) is 0 Å². The number of aliphatic imine (C=N–C) groups is 1. The van der Waals surface area contributed by atoms with E-state index in [4.69, 9.17) is 10.5 Å². The average Bonchev–Trinajstić information content (AvgIpc) is 2.78. The SMILES string of the molecule is CCN=C(N)NC1CCC(C(NC(=O)c2ccccc2OC)c2ccccc2)CC1. The zero-order valence-electron chi connectivity index (χ0n) is 17.8. The number of carbonyl (C=O) groups excluding carboxylic acids is 1. The number of amides is 1. The van der Waals surface area contributed by atoms with Crippen LogP contribution in [0.3, 0.4) is 0 Å². The van der Waals surface area contributed by atoms with Gasteiger partial charge in [-0.05, 0) is 56.2 Å². The molecule has 6 heteroatoms. The maximum Gasteiger partial charge on any atom is 0.255 e. The summed E-state index contributed by atoms with van der Waals surface area (Å²) < 4.78 is 5.38. The minimum atomic E-state index is -0.110. The lowest BCUT2D eigenvalue weighted by Crippen LogP contribution is -2.43. The molecule has 3 rings (SSSR count). The Morgan fingerprint density at radius 1 is 1.10 bits per heavy atom. The number of nitrogens with two attached hydrogens (primary N) is 1. The van der Waals surface area contributed by atoms with Crippen LogP contribution in [-0.4, -0.2) is 31.6 Å². The molecule has 0 radical (unpaired) electrons. The summed E-state index contributed by atoms with van der Waals surface area (Å²) in [7, 11) is 1.59. The van der Waals surface area contributed by atoms with Crippen LogP contribution in [0.25, 0.3) is 0 Å². The summed E-state index contributed by atoms with van der Waals surface area (Å²) in [4.78, 5) is 17.3. The maximum absolute atomic E-state index is 13.1. The highest BCUT2D eigenvalue weighted by atomic mass is 16.5. The van der Waals surface area contributed by atoms with Crippen LogP contribution >= 0.6 is 0 Å². The molecule has 160 valence electrons. The molecule has 1 amide bonds. The lowest BCUT2D eigenvalue weighted by atomic mass is 9.79. The molecule has 0 aliphatic heterocycles. The first kappa shape index (κ1) is 21.7. The number of hydrogen-bond acceptors (Lipinski definition) is 3. The molecule has 0 heterocycles. The van der Waals surface area contributed by atoms with Gasteiger partial charge in [-0.3, -0.25) is 9.79 Å². The topological polar surface area (TPSA) is 88.7 Å². The number of benzene rings is 2. The predicted octanol–water partition coefficient (Wildman–Crippen LogP) is 3.65. The fourth-order valence-electron chi connectivity index (χ4n) is 4.21. The highest BCUT2D eigenvalue weighted by Crippen LogP contribution is 2.35. The number of carbonyl (C=O) groups is 1. The molecule has 1 unspecified atom stereocenters.